The fraction of sp³-hybridized carbons (Fsp3) is 0.300. The maximum Gasteiger partial charge on any atom is 0.258 e. The number of methoxy groups -OCH3 is 4. The lowest BCUT2D eigenvalue weighted by Gasteiger charge is -2.15. The number of halogens is 2. The lowest BCUT2D eigenvalue weighted by Crippen LogP contribution is -2.32. The van der Waals surface area contributed by atoms with Gasteiger partial charge in [0.1, 0.15) is 33.6 Å². The van der Waals surface area contributed by atoms with E-state index in [0.717, 1.165) is 0 Å². The Labute approximate surface area is 189 Å². The summed E-state index contributed by atoms with van der Waals surface area (Å²) >= 11 is 12.4. The summed E-state index contributed by atoms with van der Waals surface area (Å²) in [7, 11) is 5.72. The molecule has 9 nitrogen and oxygen atoms in total. The van der Waals surface area contributed by atoms with Gasteiger partial charge in [-0.25, -0.2) is 0 Å². The third-order valence-corrected chi connectivity index (χ3v) is 4.77. The number of ether oxygens (including phenoxy) is 4. The molecule has 0 saturated heterocycles. The van der Waals surface area contributed by atoms with Crippen LogP contribution in [0.3, 0.4) is 0 Å². The zero-order valence-electron chi connectivity index (χ0n) is 17.5. The van der Waals surface area contributed by atoms with E-state index in [1.165, 1.54) is 53.6 Å². The van der Waals surface area contributed by atoms with Crippen molar-refractivity contribution in [2.24, 2.45) is 10.2 Å². The van der Waals surface area contributed by atoms with Gasteiger partial charge in [-0.3, -0.25) is 9.59 Å². The van der Waals surface area contributed by atoms with Crippen molar-refractivity contribution < 1.29 is 28.5 Å². The fourth-order valence-electron chi connectivity index (χ4n) is 2.55. The molecule has 31 heavy (non-hydrogen) atoms. The Kier molecular flexibility index (Phi) is 8.47. The van der Waals surface area contributed by atoms with Gasteiger partial charge in [0.2, 0.25) is 6.04 Å². The van der Waals surface area contributed by atoms with Crippen molar-refractivity contribution in [2.75, 3.05) is 33.8 Å². The minimum Gasteiger partial charge on any atom is -0.497 e. The fourth-order valence-corrected chi connectivity index (χ4v) is 3.11. The highest BCUT2D eigenvalue weighted by molar-refractivity contribution is 6.34. The molecule has 0 aliphatic heterocycles. The van der Waals surface area contributed by atoms with Crippen molar-refractivity contribution in [2.45, 2.75) is 13.0 Å². The first-order valence-corrected chi connectivity index (χ1v) is 9.57. The van der Waals surface area contributed by atoms with Gasteiger partial charge in [0.15, 0.2) is 11.5 Å². The average molecular weight is 470 g/mol. The SMILES string of the molecule is COc1cc(Cl)c(NC(=O)C(N=Nc2ccc(OC)c(Cl)c2OC)C(C)=O)c(OC)c1. The van der Waals surface area contributed by atoms with E-state index in [4.69, 9.17) is 42.1 Å². The van der Waals surface area contributed by atoms with Crippen LogP contribution >= 0.6 is 23.2 Å². The van der Waals surface area contributed by atoms with Crippen molar-refractivity contribution in [1.82, 2.24) is 0 Å². The molecule has 2 aromatic carbocycles. The van der Waals surface area contributed by atoms with Crippen molar-refractivity contribution >= 4 is 46.3 Å². The maximum absolute atomic E-state index is 12.8. The van der Waals surface area contributed by atoms with E-state index in [1.807, 2.05) is 0 Å². The highest BCUT2D eigenvalue weighted by Crippen LogP contribution is 2.41. The third kappa shape index (κ3) is 5.56. The van der Waals surface area contributed by atoms with Crippen LogP contribution < -0.4 is 24.3 Å². The quantitative estimate of drug-likeness (QED) is 0.420. The van der Waals surface area contributed by atoms with Crippen molar-refractivity contribution in [1.29, 1.82) is 0 Å². The standard InChI is InChI=1S/C20H21Cl2N3O6/c1-10(26)17(25-24-13-6-7-14(29-3)16(22)19(13)31-5)20(27)23-18-12(21)8-11(28-2)9-15(18)30-4/h6-9,17H,1-5H3,(H,23,27). The average Bonchev–Trinajstić information content (AvgIpc) is 2.74. The van der Waals surface area contributed by atoms with Crippen molar-refractivity contribution in [3.63, 3.8) is 0 Å². The van der Waals surface area contributed by atoms with Crippen molar-refractivity contribution in [3.05, 3.63) is 34.3 Å². The normalized spacial score (nSPS) is 11.7. The van der Waals surface area contributed by atoms with Crippen LogP contribution in [0, 0.1) is 0 Å². The van der Waals surface area contributed by atoms with Gasteiger partial charge in [0, 0.05) is 12.1 Å². The molecule has 166 valence electrons. The maximum atomic E-state index is 12.8. The van der Waals surface area contributed by atoms with E-state index in [9.17, 15) is 9.59 Å². The zero-order valence-corrected chi connectivity index (χ0v) is 19.0. The summed E-state index contributed by atoms with van der Waals surface area (Å²) in [5.74, 6) is -0.0396. The van der Waals surface area contributed by atoms with E-state index in [1.54, 1.807) is 6.07 Å². The Hall–Kier alpha value is -3.04. The highest BCUT2D eigenvalue weighted by atomic mass is 35.5. The van der Waals surface area contributed by atoms with Gasteiger partial charge in [-0.05, 0) is 19.1 Å². The lowest BCUT2D eigenvalue weighted by molar-refractivity contribution is -0.126. The van der Waals surface area contributed by atoms with Crippen LogP contribution in [0.2, 0.25) is 10.0 Å². The second-order valence-electron chi connectivity index (χ2n) is 6.04. The number of hydrogen-bond donors (Lipinski definition) is 1. The van der Waals surface area contributed by atoms with E-state index in [2.05, 4.69) is 15.5 Å². The molecule has 1 atom stereocenters. The predicted molar refractivity (Wildman–Crippen MR) is 117 cm³/mol. The summed E-state index contributed by atoms with van der Waals surface area (Å²) in [5, 5.41) is 10.8. The van der Waals surface area contributed by atoms with Crippen LogP contribution in [0.5, 0.6) is 23.0 Å². The van der Waals surface area contributed by atoms with Crippen molar-refractivity contribution in [3.8, 4) is 23.0 Å². The molecule has 0 heterocycles. The third-order valence-electron chi connectivity index (χ3n) is 4.11. The Balaban J connectivity index is 2.35. The van der Waals surface area contributed by atoms with E-state index < -0.39 is 17.7 Å². The molecule has 0 fully saturated rings. The number of carbonyl (C=O) groups excluding carboxylic acids is 2. The molecule has 0 aliphatic carbocycles. The number of nitrogens with zero attached hydrogens (tertiary/aromatic N) is 2. The summed E-state index contributed by atoms with van der Waals surface area (Å²) in [4.78, 5) is 24.8. The second kappa shape index (κ2) is 10.8. The van der Waals surface area contributed by atoms with Gasteiger partial charge in [-0.1, -0.05) is 23.2 Å². The van der Waals surface area contributed by atoms with Crippen LogP contribution in [0.25, 0.3) is 0 Å². The van der Waals surface area contributed by atoms with Gasteiger partial charge in [-0.15, -0.1) is 0 Å². The van der Waals surface area contributed by atoms with E-state index in [-0.39, 0.29) is 32.9 Å². The number of carbonyl (C=O) groups is 2. The predicted octanol–water partition coefficient (Wildman–Crippen LogP) is 4.71. The molecule has 0 bridgehead atoms. The summed E-state index contributed by atoms with van der Waals surface area (Å²) in [6, 6.07) is 4.67. The number of azo groups is 1. The number of amides is 1. The van der Waals surface area contributed by atoms with Gasteiger partial charge < -0.3 is 24.3 Å². The number of ketones is 1. The molecular formula is C20H21Cl2N3O6. The molecule has 1 amide bonds. The molecule has 1 N–H and O–H groups in total. The molecule has 11 heteroatoms. The molecule has 1 unspecified atom stereocenters. The minimum atomic E-state index is -1.45. The Morgan fingerprint density at radius 2 is 1.65 bits per heavy atom. The van der Waals surface area contributed by atoms with Crippen LogP contribution in [-0.2, 0) is 9.59 Å². The Bertz CT molecular complexity index is 1010. The smallest absolute Gasteiger partial charge is 0.258 e. The number of anilines is 1. The van der Waals surface area contributed by atoms with Crippen LogP contribution in [0.4, 0.5) is 11.4 Å². The first kappa shape index (κ1) is 24.2. The molecule has 0 aromatic heterocycles. The van der Waals surface area contributed by atoms with E-state index >= 15 is 0 Å². The molecule has 2 rings (SSSR count). The number of Topliss-reactive ketones (excluding diaryl/α,β-unsaturated/α-hetero) is 1. The second-order valence-corrected chi connectivity index (χ2v) is 6.82. The summed E-state index contributed by atoms with van der Waals surface area (Å²) in [6.45, 7) is 1.22. The van der Waals surface area contributed by atoms with Gasteiger partial charge >= 0.3 is 0 Å². The minimum absolute atomic E-state index is 0.160. The van der Waals surface area contributed by atoms with Gasteiger partial charge in [-0.2, -0.15) is 10.2 Å². The molecule has 0 saturated carbocycles. The number of nitrogens with one attached hydrogen (secondary N) is 1. The molecule has 2 aromatic rings. The number of hydrogen-bond acceptors (Lipinski definition) is 8. The van der Waals surface area contributed by atoms with Crippen LogP contribution in [-0.4, -0.2) is 46.2 Å². The Morgan fingerprint density at radius 1 is 0.968 bits per heavy atom. The highest BCUT2D eigenvalue weighted by Gasteiger charge is 2.26. The molecular weight excluding hydrogens is 449 g/mol. The van der Waals surface area contributed by atoms with Gasteiger partial charge in [0.05, 0.1) is 33.5 Å². The summed E-state index contributed by atoms with van der Waals surface area (Å²) in [5.41, 5.74) is 0.383. The largest absolute Gasteiger partial charge is 0.497 e. The molecule has 0 radical (unpaired) electrons. The zero-order chi connectivity index (χ0) is 23.1. The first-order valence-electron chi connectivity index (χ1n) is 8.81. The Morgan fingerprint density at radius 3 is 2.19 bits per heavy atom. The van der Waals surface area contributed by atoms with E-state index in [0.29, 0.717) is 11.5 Å². The van der Waals surface area contributed by atoms with Gasteiger partial charge in [0.25, 0.3) is 5.91 Å². The first-order chi connectivity index (χ1) is 14.8. The monoisotopic (exact) mass is 469 g/mol. The van der Waals surface area contributed by atoms with Crippen LogP contribution in [0.1, 0.15) is 6.92 Å². The lowest BCUT2D eigenvalue weighted by atomic mass is 10.2. The summed E-state index contributed by atoms with van der Waals surface area (Å²) in [6.07, 6.45) is 0. The summed E-state index contributed by atoms with van der Waals surface area (Å²) < 4.78 is 20.7. The number of benzene rings is 2. The molecule has 0 aliphatic rings. The molecule has 0 spiro atoms. The topological polar surface area (TPSA) is 108 Å². The van der Waals surface area contributed by atoms with Crippen LogP contribution in [0.15, 0.2) is 34.5 Å². The number of rotatable bonds is 9.